The van der Waals surface area contributed by atoms with E-state index in [0.717, 1.165) is 12.8 Å². The van der Waals surface area contributed by atoms with Crippen LogP contribution in [-0.4, -0.2) is 34.0 Å². The highest BCUT2D eigenvalue weighted by molar-refractivity contribution is 5.90. The molecule has 0 saturated carbocycles. The third-order valence-electron chi connectivity index (χ3n) is 3.47. The number of nitrogens with one attached hydrogen (secondary N) is 1. The molecule has 0 aromatic carbocycles. The maximum Gasteiger partial charge on any atom is 0.330 e. The molecule has 1 aromatic rings. The van der Waals surface area contributed by atoms with E-state index in [9.17, 15) is 9.59 Å². The van der Waals surface area contributed by atoms with Crippen molar-refractivity contribution < 1.29 is 14.3 Å². The van der Waals surface area contributed by atoms with E-state index < -0.39 is 24.0 Å². The summed E-state index contributed by atoms with van der Waals surface area (Å²) < 4.78 is 4.73. The molecule has 3 atom stereocenters. The molecule has 5 N–H and O–H groups in total. The van der Waals surface area contributed by atoms with E-state index in [1.165, 1.54) is 6.33 Å². The summed E-state index contributed by atoms with van der Waals surface area (Å²) in [5, 5.41) is 0. The van der Waals surface area contributed by atoms with Crippen LogP contribution in [0, 0.1) is 5.92 Å². The van der Waals surface area contributed by atoms with Gasteiger partial charge in [0.05, 0.1) is 6.33 Å². The lowest BCUT2D eigenvalue weighted by molar-refractivity contribution is -0.161. The van der Waals surface area contributed by atoms with Crippen molar-refractivity contribution in [2.75, 3.05) is 0 Å². The Labute approximate surface area is 124 Å². The van der Waals surface area contributed by atoms with Crippen molar-refractivity contribution in [1.82, 2.24) is 9.97 Å². The number of ether oxygens (including phenoxy) is 1. The monoisotopic (exact) mass is 296 g/mol. The Hall–Kier alpha value is -1.73. The number of aromatic amines is 1. The van der Waals surface area contributed by atoms with E-state index in [1.54, 1.807) is 6.20 Å². The number of rotatable bonds is 8. The van der Waals surface area contributed by atoms with Crippen molar-refractivity contribution in [2.24, 2.45) is 17.4 Å². The Bertz CT molecular complexity index is 447. The van der Waals surface area contributed by atoms with Gasteiger partial charge < -0.3 is 21.2 Å². The lowest BCUT2D eigenvalue weighted by Crippen LogP contribution is -2.40. The number of imidazole rings is 1. The van der Waals surface area contributed by atoms with Crippen LogP contribution in [0.1, 0.15) is 38.8 Å². The number of nitrogens with zero attached hydrogens (tertiary/aromatic N) is 1. The molecule has 118 valence electrons. The number of esters is 2. The van der Waals surface area contributed by atoms with Gasteiger partial charge in [-0.1, -0.05) is 20.3 Å². The Morgan fingerprint density at radius 3 is 2.52 bits per heavy atom. The molecular weight excluding hydrogens is 272 g/mol. The lowest BCUT2D eigenvalue weighted by Gasteiger charge is -2.14. The second-order valence-corrected chi connectivity index (χ2v) is 5.32. The molecule has 0 aliphatic heterocycles. The molecule has 1 aromatic heterocycles. The zero-order chi connectivity index (χ0) is 15.8. The van der Waals surface area contributed by atoms with Gasteiger partial charge in [-0.2, -0.15) is 0 Å². The average Bonchev–Trinajstić information content (AvgIpc) is 2.96. The predicted octanol–water partition coefficient (Wildman–Crippen LogP) is 0.503. The second-order valence-electron chi connectivity index (χ2n) is 5.32. The van der Waals surface area contributed by atoms with Crippen LogP contribution in [0.4, 0.5) is 0 Å². The summed E-state index contributed by atoms with van der Waals surface area (Å²) in [6, 6.07) is -1.71. The lowest BCUT2D eigenvalue weighted by atomic mass is 10.00. The van der Waals surface area contributed by atoms with Crippen molar-refractivity contribution >= 4 is 11.9 Å². The van der Waals surface area contributed by atoms with Gasteiger partial charge in [0.2, 0.25) is 0 Å². The number of carbonyl (C=O) groups is 2. The summed E-state index contributed by atoms with van der Waals surface area (Å²) in [4.78, 5) is 30.1. The number of hydrogen-bond acceptors (Lipinski definition) is 6. The maximum atomic E-state index is 11.7. The Balaban J connectivity index is 2.36. The first kappa shape index (κ1) is 17.3. The van der Waals surface area contributed by atoms with Crippen molar-refractivity contribution in [3.05, 3.63) is 18.2 Å². The quantitative estimate of drug-likeness (QED) is 0.474. The van der Waals surface area contributed by atoms with Gasteiger partial charge in [-0.15, -0.1) is 0 Å². The van der Waals surface area contributed by atoms with Crippen LogP contribution in [0.3, 0.4) is 0 Å². The van der Waals surface area contributed by atoms with Crippen LogP contribution in [0.5, 0.6) is 0 Å². The van der Waals surface area contributed by atoms with Crippen LogP contribution in [-0.2, 0) is 20.7 Å². The second kappa shape index (κ2) is 8.53. The van der Waals surface area contributed by atoms with Crippen LogP contribution >= 0.6 is 0 Å². The predicted molar refractivity (Wildman–Crippen MR) is 78.0 cm³/mol. The minimum absolute atomic E-state index is 0.230. The van der Waals surface area contributed by atoms with Crippen LogP contribution < -0.4 is 11.5 Å². The Morgan fingerprint density at radius 2 is 1.95 bits per heavy atom. The van der Waals surface area contributed by atoms with Gasteiger partial charge in [0, 0.05) is 18.3 Å². The fourth-order valence-corrected chi connectivity index (χ4v) is 1.75. The fourth-order valence-electron chi connectivity index (χ4n) is 1.75. The normalized spacial score (nSPS) is 15.2. The minimum Gasteiger partial charge on any atom is -0.391 e. The van der Waals surface area contributed by atoms with Gasteiger partial charge in [0.25, 0.3) is 0 Å². The highest BCUT2D eigenvalue weighted by Crippen LogP contribution is 2.11. The number of hydrogen-bond donors (Lipinski definition) is 3. The maximum absolute atomic E-state index is 11.7. The van der Waals surface area contributed by atoms with Gasteiger partial charge in [0.1, 0.15) is 12.1 Å². The van der Waals surface area contributed by atoms with Gasteiger partial charge in [-0.25, -0.2) is 14.6 Å². The van der Waals surface area contributed by atoms with Gasteiger partial charge in [0.15, 0.2) is 0 Å². The van der Waals surface area contributed by atoms with Gasteiger partial charge in [-0.05, 0) is 18.8 Å². The molecule has 1 heterocycles. The van der Waals surface area contributed by atoms with Gasteiger partial charge >= 0.3 is 11.9 Å². The molecule has 0 saturated heterocycles. The molecule has 7 heteroatoms. The molecule has 21 heavy (non-hydrogen) atoms. The summed E-state index contributed by atoms with van der Waals surface area (Å²) in [6.07, 6.45) is 5.62. The minimum atomic E-state index is -0.920. The number of aromatic nitrogens is 2. The molecule has 0 radical (unpaired) electrons. The first-order chi connectivity index (χ1) is 9.93. The standard InChI is InChI=1S/C14H24N4O3/c1-3-9(2)4-5-11(15)13(19)21-14(20)12(16)6-10-7-17-8-18-10/h7-9,11-12H,3-6,15-16H2,1-2H3,(H,17,18)/t9?,11?,12-/m0/s1. The molecule has 0 amide bonds. The third-order valence-corrected chi connectivity index (χ3v) is 3.47. The summed E-state index contributed by atoms with van der Waals surface area (Å²) in [6.45, 7) is 4.16. The van der Waals surface area contributed by atoms with E-state index in [-0.39, 0.29) is 6.42 Å². The molecule has 1 rings (SSSR count). The zero-order valence-electron chi connectivity index (χ0n) is 12.5. The van der Waals surface area contributed by atoms with Crippen LogP contribution in [0.25, 0.3) is 0 Å². The summed E-state index contributed by atoms with van der Waals surface area (Å²) >= 11 is 0. The largest absolute Gasteiger partial charge is 0.391 e. The SMILES string of the molecule is CCC(C)CCC(N)C(=O)OC(=O)[C@@H](N)Cc1cnc[nH]1. The summed E-state index contributed by atoms with van der Waals surface area (Å²) in [5.74, 6) is -1.00. The Kier molecular flexibility index (Phi) is 7.04. The van der Waals surface area contributed by atoms with Gasteiger partial charge in [-0.3, -0.25) is 0 Å². The molecule has 0 bridgehead atoms. The van der Waals surface area contributed by atoms with E-state index in [4.69, 9.17) is 16.2 Å². The smallest absolute Gasteiger partial charge is 0.330 e. The van der Waals surface area contributed by atoms with E-state index >= 15 is 0 Å². The number of H-pyrrole nitrogens is 1. The molecule has 7 nitrogen and oxygen atoms in total. The van der Waals surface area contributed by atoms with E-state index in [1.807, 2.05) is 0 Å². The van der Waals surface area contributed by atoms with Crippen molar-refractivity contribution in [2.45, 2.75) is 51.6 Å². The van der Waals surface area contributed by atoms with E-state index in [2.05, 4.69) is 23.8 Å². The van der Waals surface area contributed by atoms with E-state index in [0.29, 0.717) is 18.0 Å². The number of carbonyl (C=O) groups excluding carboxylic acids is 2. The fraction of sp³-hybridized carbons (Fsp3) is 0.643. The van der Waals surface area contributed by atoms with Crippen molar-refractivity contribution in [3.8, 4) is 0 Å². The Morgan fingerprint density at radius 1 is 1.29 bits per heavy atom. The molecular formula is C14H24N4O3. The molecule has 0 aliphatic rings. The summed E-state index contributed by atoms with van der Waals surface area (Å²) in [7, 11) is 0. The first-order valence-corrected chi connectivity index (χ1v) is 7.18. The van der Waals surface area contributed by atoms with Crippen molar-refractivity contribution in [1.29, 1.82) is 0 Å². The van der Waals surface area contributed by atoms with Crippen LogP contribution in [0.2, 0.25) is 0 Å². The molecule has 0 aliphatic carbocycles. The summed E-state index contributed by atoms with van der Waals surface area (Å²) in [5.41, 5.74) is 12.1. The topological polar surface area (TPSA) is 124 Å². The van der Waals surface area contributed by atoms with Crippen molar-refractivity contribution in [3.63, 3.8) is 0 Å². The molecule has 2 unspecified atom stereocenters. The molecule has 0 spiro atoms. The first-order valence-electron chi connectivity index (χ1n) is 7.18. The number of nitrogens with two attached hydrogens (primary N) is 2. The van der Waals surface area contributed by atoms with Crippen LogP contribution in [0.15, 0.2) is 12.5 Å². The third kappa shape index (κ3) is 6.05. The zero-order valence-corrected chi connectivity index (χ0v) is 12.5. The average molecular weight is 296 g/mol. The molecule has 0 fully saturated rings. The highest BCUT2D eigenvalue weighted by atomic mass is 16.6. The highest BCUT2D eigenvalue weighted by Gasteiger charge is 2.23.